The van der Waals surface area contributed by atoms with Gasteiger partial charge in [0.25, 0.3) is 0 Å². The molecular formula is C11H20N2O3. The quantitative estimate of drug-likeness (QED) is 0.503. The topological polar surface area (TPSA) is 81.4 Å². The molecule has 0 saturated heterocycles. The molecule has 0 spiro atoms. The van der Waals surface area contributed by atoms with Gasteiger partial charge in [-0.3, -0.25) is 4.79 Å². The van der Waals surface area contributed by atoms with Gasteiger partial charge in [-0.1, -0.05) is 19.9 Å². The molecule has 0 aliphatic rings. The third-order valence-electron chi connectivity index (χ3n) is 2.23. The van der Waals surface area contributed by atoms with Crippen LogP contribution in [0.1, 0.15) is 20.8 Å². The molecule has 1 atom stereocenters. The Morgan fingerprint density at radius 3 is 2.38 bits per heavy atom. The van der Waals surface area contributed by atoms with Gasteiger partial charge in [0, 0.05) is 12.1 Å². The highest BCUT2D eigenvalue weighted by atomic mass is 16.5. The standard InChI is InChI=1S/C11H20N2O3/c1-7(2)9(10(12)14)13-6-5-8(3)11(15)16-4/h5,7,9,13H,6H2,1-4H3,(H2,12,14). The fourth-order valence-electron chi connectivity index (χ4n) is 1.25. The number of carbonyl (C=O) groups excluding carboxylic acids is 2. The lowest BCUT2D eigenvalue weighted by molar-refractivity contribution is -0.136. The Kier molecular flexibility index (Phi) is 6.41. The van der Waals surface area contributed by atoms with Crippen molar-refractivity contribution in [1.29, 1.82) is 0 Å². The first-order valence-electron chi connectivity index (χ1n) is 5.18. The number of carbonyl (C=O) groups is 2. The first-order valence-corrected chi connectivity index (χ1v) is 5.18. The van der Waals surface area contributed by atoms with E-state index in [2.05, 4.69) is 10.1 Å². The molecule has 5 heteroatoms. The van der Waals surface area contributed by atoms with Gasteiger partial charge < -0.3 is 15.8 Å². The first-order chi connectivity index (χ1) is 7.40. The number of esters is 1. The van der Waals surface area contributed by atoms with Crippen molar-refractivity contribution in [2.75, 3.05) is 13.7 Å². The van der Waals surface area contributed by atoms with E-state index < -0.39 is 0 Å². The Hall–Kier alpha value is -1.36. The summed E-state index contributed by atoms with van der Waals surface area (Å²) in [7, 11) is 1.33. The molecule has 0 aromatic carbocycles. The average molecular weight is 228 g/mol. The van der Waals surface area contributed by atoms with Crippen LogP contribution >= 0.6 is 0 Å². The third-order valence-corrected chi connectivity index (χ3v) is 2.23. The van der Waals surface area contributed by atoms with Gasteiger partial charge in [0.15, 0.2) is 0 Å². The van der Waals surface area contributed by atoms with Crippen molar-refractivity contribution in [2.45, 2.75) is 26.8 Å². The second-order valence-corrected chi connectivity index (χ2v) is 3.91. The van der Waals surface area contributed by atoms with Crippen molar-refractivity contribution in [1.82, 2.24) is 5.32 Å². The monoisotopic (exact) mass is 228 g/mol. The van der Waals surface area contributed by atoms with Gasteiger partial charge in [-0.05, 0) is 12.8 Å². The Bertz CT molecular complexity index is 285. The van der Waals surface area contributed by atoms with Gasteiger partial charge >= 0.3 is 5.97 Å². The van der Waals surface area contributed by atoms with Crippen molar-refractivity contribution in [3.8, 4) is 0 Å². The van der Waals surface area contributed by atoms with Crippen molar-refractivity contribution in [3.63, 3.8) is 0 Å². The van der Waals surface area contributed by atoms with Gasteiger partial charge in [-0.15, -0.1) is 0 Å². The number of rotatable bonds is 6. The van der Waals surface area contributed by atoms with Crippen LogP contribution in [0.3, 0.4) is 0 Å². The fraction of sp³-hybridized carbons (Fsp3) is 0.636. The van der Waals surface area contributed by atoms with Crippen LogP contribution in [0.4, 0.5) is 0 Å². The van der Waals surface area contributed by atoms with Gasteiger partial charge in [0.1, 0.15) is 0 Å². The number of hydrogen-bond donors (Lipinski definition) is 2. The lowest BCUT2D eigenvalue weighted by Crippen LogP contribution is -2.45. The summed E-state index contributed by atoms with van der Waals surface area (Å²) in [6, 6.07) is -0.387. The zero-order valence-corrected chi connectivity index (χ0v) is 10.2. The van der Waals surface area contributed by atoms with Crippen LogP contribution in [0, 0.1) is 5.92 Å². The van der Waals surface area contributed by atoms with Crippen LogP contribution in [0.25, 0.3) is 0 Å². The molecule has 0 rings (SSSR count). The minimum Gasteiger partial charge on any atom is -0.466 e. The molecule has 16 heavy (non-hydrogen) atoms. The molecule has 92 valence electrons. The van der Waals surface area contributed by atoms with Crippen molar-refractivity contribution in [2.24, 2.45) is 11.7 Å². The average Bonchev–Trinajstić information content (AvgIpc) is 2.21. The molecular weight excluding hydrogens is 208 g/mol. The molecule has 5 nitrogen and oxygen atoms in total. The maximum Gasteiger partial charge on any atom is 0.333 e. The number of hydrogen-bond acceptors (Lipinski definition) is 4. The van der Waals surface area contributed by atoms with Crippen molar-refractivity contribution >= 4 is 11.9 Å². The zero-order chi connectivity index (χ0) is 12.7. The maximum absolute atomic E-state index is 11.1. The summed E-state index contributed by atoms with van der Waals surface area (Å²) in [5, 5.41) is 2.97. The predicted molar refractivity (Wildman–Crippen MR) is 61.6 cm³/mol. The van der Waals surface area contributed by atoms with E-state index in [0.717, 1.165) is 0 Å². The lowest BCUT2D eigenvalue weighted by atomic mass is 10.0. The third kappa shape index (κ3) is 4.93. The summed E-state index contributed by atoms with van der Waals surface area (Å²) in [5.74, 6) is -0.648. The highest BCUT2D eigenvalue weighted by Crippen LogP contribution is 2.01. The Balaban J connectivity index is 4.23. The summed E-state index contributed by atoms with van der Waals surface area (Å²) >= 11 is 0. The number of primary amides is 1. The van der Waals surface area contributed by atoms with E-state index in [1.807, 2.05) is 13.8 Å². The summed E-state index contributed by atoms with van der Waals surface area (Å²) in [6.45, 7) is 5.87. The second-order valence-electron chi connectivity index (χ2n) is 3.91. The molecule has 0 saturated carbocycles. The Labute approximate surface area is 96.0 Å². The summed E-state index contributed by atoms with van der Waals surface area (Å²) in [5.41, 5.74) is 5.73. The number of ether oxygens (including phenoxy) is 1. The highest BCUT2D eigenvalue weighted by molar-refractivity contribution is 5.87. The van der Waals surface area contributed by atoms with Crippen LogP contribution in [-0.2, 0) is 14.3 Å². The number of nitrogens with two attached hydrogens (primary N) is 1. The predicted octanol–water partition coefficient (Wildman–Crippen LogP) is 0.205. The van der Waals surface area contributed by atoms with E-state index in [0.29, 0.717) is 12.1 Å². The van der Waals surface area contributed by atoms with Crippen LogP contribution in [0.5, 0.6) is 0 Å². The largest absolute Gasteiger partial charge is 0.466 e. The second kappa shape index (κ2) is 7.00. The zero-order valence-electron chi connectivity index (χ0n) is 10.2. The van der Waals surface area contributed by atoms with Gasteiger partial charge in [0.2, 0.25) is 5.91 Å². The highest BCUT2D eigenvalue weighted by Gasteiger charge is 2.17. The summed E-state index contributed by atoms with van der Waals surface area (Å²) in [4.78, 5) is 22.1. The van der Waals surface area contributed by atoms with Gasteiger partial charge in [-0.25, -0.2) is 4.79 Å². The normalized spacial score (nSPS) is 13.7. The van der Waals surface area contributed by atoms with E-state index in [4.69, 9.17) is 5.73 Å². The molecule has 0 fully saturated rings. The van der Waals surface area contributed by atoms with E-state index in [-0.39, 0.29) is 23.8 Å². The van der Waals surface area contributed by atoms with Crippen molar-refractivity contribution < 1.29 is 14.3 Å². The fourth-order valence-corrected chi connectivity index (χ4v) is 1.25. The molecule has 0 radical (unpaired) electrons. The smallest absolute Gasteiger partial charge is 0.333 e. The molecule has 0 heterocycles. The van der Waals surface area contributed by atoms with E-state index in [1.165, 1.54) is 7.11 Å². The van der Waals surface area contributed by atoms with Crippen LogP contribution in [-0.4, -0.2) is 31.6 Å². The van der Waals surface area contributed by atoms with Crippen molar-refractivity contribution in [3.05, 3.63) is 11.6 Å². The lowest BCUT2D eigenvalue weighted by Gasteiger charge is -2.17. The number of nitrogens with one attached hydrogen (secondary N) is 1. The van der Waals surface area contributed by atoms with E-state index in [1.54, 1.807) is 13.0 Å². The molecule has 0 aromatic heterocycles. The van der Waals surface area contributed by atoms with Crippen LogP contribution < -0.4 is 11.1 Å². The molecule has 0 aliphatic carbocycles. The van der Waals surface area contributed by atoms with Crippen LogP contribution in [0.2, 0.25) is 0 Å². The molecule has 3 N–H and O–H groups in total. The Morgan fingerprint density at radius 2 is 2.00 bits per heavy atom. The van der Waals surface area contributed by atoms with Gasteiger partial charge in [-0.2, -0.15) is 0 Å². The molecule has 1 amide bonds. The maximum atomic E-state index is 11.1. The van der Waals surface area contributed by atoms with Gasteiger partial charge in [0.05, 0.1) is 13.2 Å². The van der Waals surface area contributed by atoms with Crippen LogP contribution in [0.15, 0.2) is 11.6 Å². The molecule has 0 aromatic rings. The SMILES string of the molecule is COC(=O)C(C)=CCNC(C(N)=O)C(C)C. The minimum absolute atomic E-state index is 0.115. The summed E-state index contributed by atoms with van der Waals surface area (Å²) in [6.07, 6.45) is 1.67. The molecule has 0 bridgehead atoms. The Morgan fingerprint density at radius 1 is 1.44 bits per heavy atom. The summed E-state index contributed by atoms with van der Waals surface area (Å²) < 4.78 is 4.54. The first kappa shape index (κ1) is 14.6. The van der Waals surface area contributed by atoms with E-state index in [9.17, 15) is 9.59 Å². The van der Waals surface area contributed by atoms with E-state index >= 15 is 0 Å². The number of amides is 1. The number of methoxy groups -OCH3 is 1. The molecule has 0 aliphatic heterocycles. The molecule has 1 unspecified atom stereocenters. The minimum atomic E-state index is -0.390.